The molecule has 1 saturated heterocycles. The number of benzene rings is 1. The number of rotatable bonds is 3. The molecule has 0 saturated carbocycles. The maximum absolute atomic E-state index is 12.4. The molecule has 1 heterocycles. The fourth-order valence-corrected chi connectivity index (χ4v) is 2.18. The lowest BCUT2D eigenvalue weighted by atomic mass is 10.0. The van der Waals surface area contributed by atoms with E-state index in [-0.39, 0.29) is 11.8 Å². The van der Waals surface area contributed by atoms with Crippen LogP contribution in [0.4, 0.5) is 0 Å². The highest BCUT2D eigenvalue weighted by atomic mass is 35.5. The number of carbonyl (C=O) groups excluding carboxylic acids is 2. The van der Waals surface area contributed by atoms with Crippen molar-refractivity contribution in [3.63, 3.8) is 0 Å². The smallest absolute Gasteiger partial charge is 0.250 e. The summed E-state index contributed by atoms with van der Waals surface area (Å²) in [6, 6.07) is 8.11. The van der Waals surface area contributed by atoms with Crippen molar-refractivity contribution >= 4 is 23.4 Å². The van der Waals surface area contributed by atoms with Gasteiger partial charge in [-0.2, -0.15) is 0 Å². The van der Waals surface area contributed by atoms with Crippen molar-refractivity contribution in [2.75, 3.05) is 6.54 Å². The fraction of sp³-hybridized carbons (Fsp3) is 0.286. The zero-order valence-electron chi connectivity index (χ0n) is 10.5. The van der Waals surface area contributed by atoms with Gasteiger partial charge in [0.15, 0.2) is 0 Å². The number of halogens is 1. The molecule has 19 heavy (non-hydrogen) atoms. The molecule has 1 N–H and O–H groups in total. The Morgan fingerprint density at radius 1 is 1.32 bits per heavy atom. The predicted octanol–water partition coefficient (Wildman–Crippen LogP) is 1.83. The number of carbonyl (C=O) groups is 2. The molecule has 1 aromatic rings. The topological polar surface area (TPSA) is 49.4 Å². The number of hydrogen-bond donors (Lipinski definition) is 1. The molecular weight excluding hydrogens is 264 g/mol. The Bertz CT molecular complexity index is 501. The van der Waals surface area contributed by atoms with Crippen LogP contribution in [0.15, 0.2) is 41.9 Å². The van der Waals surface area contributed by atoms with Crippen LogP contribution in [0.25, 0.3) is 0 Å². The minimum Gasteiger partial charge on any atom is -0.339 e. The van der Waals surface area contributed by atoms with Gasteiger partial charge in [0.1, 0.15) is 12.1 Å². The number of piperazine rings is 1. The van der Waals surface area contributed by atoms with Crippen LogP contribution < -0.4 is 5.32 Å². The van der Waals surface area contributed by atoms with E-state index in [1.54, 1.807) is 13.0 Å². The van der Waals surface area contributed by atoms with Crippen LogP contribution in [-0.4, -0.2) is 29.3 Å². The van der Waals surface area contributed by atoms with Gasteiger partial charge in [0.25, 0.3) is 5.91 Å². The van der Waals surface area contributed by atoms with Gasteiger partial charge in [-0.15, -0.1) is 0 Å². The molecule has 0 spiro atoms. The Balaban J connectivity index is 2.27. The van der Waals surface area contributed by atoms with E-state index in [4.69, 9.17) is 11.6 Å². The van der Waals surface area contributed by atoms with Gasteiger partial charge in [-0.25, -0.2) is 0 Å². The van der Waals surface area contributed by atoms with E-state index in [2.05, 4.69) is 5.32 Å². The van der Waals surface area contributed by atoms with Gasteiger partial charge >= 0.3 is 0 Å². The molecule has 1 aromatic carbocycles. The second kappa shape index (κ2) is 5.89. The first-order chi connectivity index (χ1) is 9.15. The molecule has 100 valence electrons. The quantitative estimate of drug-likeness (QED) is 0.917. The number of nitrogens with zero attached hydrogens (tertiary/aromatic N) is 1. The van der Waals surface area contributed by atoms with E-state index in [1.165, 1.54) is 10.4 Å². The molecule has 1 aliphatic heterocycles. The summed E-state index contributed by atoms with van der Waals surface area (Å²) in [7, 11) is 0. The lowest BCUT2D eigenvalue weighted by Gasteiger charge is -2.36. The summed E-state index contributed by atoms with van der Waals surface area (Å²) in [5.41, 5.74) is 2.14. The maximum atomic E-state index is 12.4. The molecule has 2 unspecified atom stereocenters. The standard InChI is InChI=1S/C14H15ClN2O2/c1-10-13(18)16-12(11-6-3-2-4-7-11)14(19)17(10)9-5-8-15/h2-8,10,12H,9H2,1H3,(H,16,18)/b8-5+. The Labute approximate surface area is 117 Å². The summed E-state index contributed by atoms with van der Waals surface area (Å²) >= 11 is 5.49. The van der Waals surface area contributed by atoms with E-state index in [0.717, 1.165) is 5.56 Å². The van der Waals surface area contributed by atoms with Gasteiger partial charge in [-0.05, 0) is 12.5 Å². The van der Waals surface area contributed by atoms with Gasteiger partial charge in [-0.3, -0.25) is 9.59 Å². The zero-order valence-corrected chi connectivity index (χ0v) is 11.3. The van der Waals surface area contributed by atoms with Crippen molar-refractivity contribution < 1.29 is 9.59 Å². The molecule has 2 rings (SSSR count). The van der Waals surface area contributed by atoms with Gasteiger partial charge < -0.3 is 10.2 Å². The maximum Gasteiger partial charge on any atom is 0.250 e. The summed E-state index contributed by atoms with van der Waals surface area (Å²) in [5, 5.41) is 2.75. The summed E-state index contributed by atoms with van der Waals surface area (Å²) < 4.78 is 0. The molecule has 1 aliphatic rings. The Morgan fingerprint density at radius 2 is 2.00 bits per heavy atom. The number of nitrogens with one attached hydrogen (secondary N) is 1. The highest BCUT2D eigenvalue weighted by Gasteiger charge is 2.38. The van der Waals surface area contributed by atoms with E-state index < -0.39 is 12.1 Å². The molecule has 0 radical (unpaired) electrons. The summed E-state index contributed by atoms with van der Waals surface area (Å²) in [4.78, 5) is 25.9. The van der Waals surface area contributed by atoms with Crippen LogP contribution in [0.5, 0.6) is 0 Å². The minimum absolute atomic E-state index is 0.118. The van der Waals surface area contributed by atoms with Crippen molar-refractivity contribution in [2.24, 2.45) is 0 Å². The predicted molar refractivity (Wildman–Crippen MR) is 73.5 cm³/mol. The number of hydrogen-bond acceptors (Lipinski definition) is 2. The van der Waals surface area contributed by atoms with E-state index in [0.29, 0.717) is 6.54 Å². The molecule has 0 aliphatic carbocycles. The van der Waals surface area contributed by atoms with Gasteiger partial charge in [0.05, 0.1) is 0 Å². The van der Waals surface area contributed by atoms with Crippen LogP contribution in [0.2, 0.25) is 0 Å². The monoisotopic (exact) mass is 278 g/mol. The van der Waals surface area contributed by atoms with Crippen LogP contribution in [0.3, 0.4) is 0 Å². The molecule has 1 fully saturated rings. The lowest BCUT2D eigenvalue weighted by molar-refractivity contribution is -0.148. The van der Waals surface area contributed by atoms with Crippen LogP contribution in [-0.2, 0) is 9.59 Å². The number of amides is 2. The molecule has 4 nitrogen and oxygen atoms in total. The highest BCUT2D eigenvalue weighted by molar-refractivity contribution is 6.25. The van der Waals surface area contributed by atoms with Gasteiger partial charge in [-0.1, -0.05) is 48.0 Å². The Kier molecular flexibility index (Phi) is 4.22. The van der Waals surface area contributed by atoms with Crippen molar-refractivity contribution in [3.05, 3.63) is 47.5 Å². The molecule has 2 amide bonds. The fourth-order valence-electron chi connectivity index (χ4n) is 2.10. The first-order valence-corrected chi connectivity index (χ1v) is 6.50. The molecule has 0 bridgehead atoms. The zero-order chi connectivity index (χ0) is 13.8. The van der Waals surface area contributed by atoms with Crippen molar-refractivity contribution in [1.82, 2.24) is 10.2 Å². The van der Waals surface area contributed by atoms with Crippen LogP contribution >= 0.6 is 11.6 Å². The summed E-state index contributed by atoms with van der Waals surface area (Å²) in [6.07, 6.45) is 1.65. The van der Waals surface area contributed by atoms with Crippen molar-refractivity contribution in [2.45, 2.75) is 19.0 Å². The van der Waals surface area contributed by atoms with Crippen LogP contribution in [0.1, 0.15) is 18.5 Å². The third-order valence-electron chi connectivity index (χ3n) is 3.19. The molecule has 0 aromatic heterocycles. The van der Waals surface area contributed by atoms with Crippen molar-refractivity contribution in [3.8, 4) is 0 Å². The summed E-state index contributed by atoms with van der Waals surface area (Å²) in [6.45, 7) is 2.04. The minimum atomic E-state index is -0.617. The lowest BCUT2D eigenvalue weighted by Crippen LogP contribution is -2.58. The van der Waals surface area contributed by atoms with Gasteiger partial charge in [0.2, 0.25) is 5.91 Å². The second-order valence-corrected chi connectivity index (χ2v) is 4.63. The Morgan fingerprint density at radius 3 is 2.63 bits per heavy atom. The molecular formula is C14H15ClN2O2. The average Bonchev–Trinajstić information content (AvgIpc) is 2.44. The third kappa shape index (κ3) is 2.79. The van der Waals surface area contributed by atoms with E-state index in [1.807, 2.05) is 30.3 Å². The second-order valence-electron chi connectivity index (χ2n) is 4.38. The van der Waals surface area contributed by atoms with E-state index in [9.17, 15) is 9.59 Å². The summed E-state index contributed by atoms with van der Waals surface area (Å²) in [5.74, 6) is -0.274. The first-order valence-electron chi connectivity index (χ1n) is 6.06. The molecule has 5 heteroatoms. The Hall–Kier alpha value is -1.81. The normalized spacial score (nSPS) is 23.8. The SMILES string of the molecule is CC1C(=O)NC(c2ccccc2)C(=O)N1C/C=C/Cl. The highest BCUT2D eigenvalue weighted by Crippen LogP contribution is 2.21. The molecule has 2 atom stereocenters. The van der Waals surface area contributed by atoms with Crippen molar-refractivity contribution in [1.29, 1.82) is 0 Å². The largest absolute Gasteiger partial charge is 0.339 e. The van der Waals surface area contributed by atoms with Crippen LogP contribution in [0, 0.1) is 0 Å². The van der Waals surface area contributed by atoms with Gasteiger partial charge in [0, 0.05) is 12.1 Å². The third-order valence-corrected chi connectivity index (χ3v) is 3.37. The van der Waals surface area contributed by atoms with E-state index >= 15 is 0 Å². The first kappa shape index (κ1) is 13.6. The average molecular weight is 279 g/mol.